The first kappa shape index (κ1) is 11.5. The molecule has 0 saturated heterocycles. The van der Waals surface area contributed by atoms with Crippen LogP contribution in [0.5, 0.6) is 0 Å². The number of carbonyl (C=O) groups is 1. The molecule has 0 aliphatic carbocycles. The van der Waals surface area contributed by atoms with Crippen LogP contribution in [0.15, 0.2) is 48.7 Å². The first-order valence-electron chi connectivity index (χ1n) is 5.56. The van der Waals surface area contributed by atoms with Gasteiger partial charge in [-0.15, -0.1) is 11.3 Å². The number of hydrogen-bond donors (Lipinski definition) is 0. The molecule has 0 spiro atoms. The van der Waals surface area contributed by atoms with Crippen molar-refractivity contribution in [3.8, 4) is 0 Å². The van der Waals surface area contributed by atoms with E-state index >= 15 is 0 Å². The average Bonchev–Trinajstić information content (AvgIpc) is 2.97. The fourth-order valence-electron chi connectivity index (χ4n) is 1.98. The standard InChI is InChI=1S/C14H10ClNOS/c15-14-6-5-13(18-14)12(17)9-16-8-7-10-3-1-2-4-11(10)16/h1-8H,9H2. The summed E-state index contributed by atoms with van der Waals surface area (Å²) in [6.45, 7) is 0.352. The Kier molecular flexibility index (Phi) is 2.94. The number of halogens is 1. The number of rotatable bonds is 3. The normalized spacial score (nSPS) is 10.9. The predicted molar refractivity (Wildman–Crippen MR) is 75.6 cm³/mol. The number of ketones is 1. The molecule has 0 saturated carbocycles. The Hall–Kier alpha value is -1.58. The molecule has 0 aliphatic heterocycles. The first-order chi connectivity index (χ1) is 8.74. The molecule has 0 aliphatic rings. The third kappa shape index (κ3) is 2.07. The summed E-state index contributed by atoms with van der Waals surface area (Å²) in [5.41, 5.74) is 1.08. The molecule has 18 heavy (non-hydrogen) atoms. The minimum absolute atomic E-state index is 0.0910. The van der Waals surface area contributed by atoms with E-state index in [1.54, 1.807) is 12.1 Å². The van der Waals surface area contributed by atoms with Crippen LogP contribution in [0.3, 0.4) is 0 Å². The van der Waals surface area contributed by atoms with Gasteiger partial charge in [0.25, 0.3) is 0 Å². The largest absolute Gasteiger partial charge is 0.340 e. The molecular formula is C14H10ClNOS. The zero-order chi connectivity index (χ0) is 12.5. The van der Waals surface area contributed by atoms with Gasteiger partial charge >= 0.3 is 0 Å². The highest BCUT2D eigenvalue weighted by Gasteiger charge is 2.10. The Bertz CT molecular complexity index is 713. The van der Waals surface area contributed by atoms with Gasteiger partial charge in [-0.25, -0.2) is 0 Å². The van der Waals surface area contributed by atoms with Crippen molar-refractivity contribution in [1.82, 2.24) is 4.57 Å². The number of benzene rings is 1. The minimum Gasteiger partial charge on any atom is -0.340 e. The molecule has 4 heteroatoms. The van der Waals surface area contributed by atoms with E-state index in [4.69, 9.17) is 11.6 Å². The molecule has 3 rings (SSSR count). The lowest BCUT2D eigenvalue weighted by molar-refractivity contribution is 0.0977. The Balaban J connectivity index is 1.90. The third-order valence-corrected chi connectivity index (χ3v) is 4.11. The van der Waals surface area contributed by atoms with Gasteiger partial charge in [0, 0.05) is 11.7 Å². The topological polar surface area (TPSA) is 22.0 Å². The summed E-state index contributed by atoms with van der Waals surface area (Å²) < 4.78 is 2.61. The predicted octanol–water partition coefficient (Wildman–Crippen LogP) is 4.24. The number of para-hydroxylation sites is 1. The molecule has 1 aromatic carbocycles. The summed E-state index contributed by atoms with van der Waals surface area (Å²) in [5, 5.41) is 1.15. The molecule has 0 fully saturated rings. The maximum absolute atomic E-state index is 12.1. The van der Waals surface area contributed by atoms with Gasteiger partial charge in [-0.05, 0) is 29.7 Å². The van der Waals surface area contributed by atoms with Gasteiger partial charge in [0.1, 0.15) is 0 Å². The van der Waals surface area contributed by atoms with Gasteiger partial charge in [-0.1, -0.05) is 29.8 Å². The molecule has 0 N–H and O–H groups in total. The summed E-state index contributed by atoms with van der Waals surface area (Å²) in [5.74, 6) is 0.0910. The van der Waals surface area contributed by atoms with Crippen molar-refractivity contribution < 1.29 is 4.79 Å². The van der Waals surface area contributed by atoms with Crippen molar-refractivity contribution in [3.05, 3.63) is 57.9 Å². The van der Waals surface area contributed by atoms with Crippen LogP contribution in [0.25, 0.3) is 10.9 Å². The lowest BCUT2D eigenvalue weighted by Gasteiger charge is -2.03. The van der Waals surface area contributed by atoms with Crippen molar-refractivity contribution in [2.75, 3.05) is 0 Å². The van der Waals surface area contributed by atoms with E-state index in [9.17, 15) is 4.79 Å². The van der Waals surface area contributed by atoms with E-state index in [0.29, 0.717) is 15.8 Å². The minimum atomic E-state index is 0.0910. The van der Waals surface area contributed by atoms with E-state index in [1.165, 1.54) is 11.3 Å². The SMILES string of the molecule is O=C(Cn1ccc2ccccc21)c1ccc(Cl)s1. The van der Waals surface area contributed by atoms with Gasteiger partial charge < -0.3 is 4.57 Å². The summed E-state index contributed by atoms with van der Waals surface area (Å²) >= 11 is 7.17. The van der Waals surface area contributed by atoms with E-state index < -0.39 is 0 Å². The van der Waals surface area contributed by atoms with Crippen LogP contribution >= 0.6 is 22.9 Å². The van der Waals surface area contributed by atoms with Gasteiger partial charge in [-0.2, -0.15) is 0 Å². The second-order valence-electron chi connectivity index (χ2n) is 4.03. The van der Waals surface area contributed by atoms with Crippen LogP contribution in [0, 0.1) is 0 Å². The zero-order valence-corrected chi connectivity index (χ0v) is 11.0. The maximum Gasteiger partial charge on any atom is 0.192 e. The molecule has 0 bridgehead atoms. The van der Waals surface area contributed by atoms with Crippen LogP contribution in [0.1, 0.15) is 9.67 Å². The molecule has 90 valence electrons. The lowest BCUT2D eigenvalue weighted by Crippen LogP contribution is -2.07. The molecule has 2 aromatic heterocycles. The van der Waals surface area contributed by atoms with Gasteiger partial charge in [-0.3, -0.25) is 4.79 Å². The quantitative estimate of drug-likeness (QED) is 0.655. The van der Waals surface area contributed by atoms with Crippen LogP contribution in [-0.4, -0.2) is 10.4 Å². The molecule has 3 aromatic rings. The van der Waals surface area contributed by atoms with Crippen molar-refractivity contribution >= 4 is 39.6 Å². The van der Waals surface area contributed by atoms with Crippen LogP contribution in [0.4, 0.5) is 0 Å². The Morgan fingerprint density at radius 1 is 1.17 bits per heavy atom. The van der Waals surface area contributed by atoms with Crippen LogP contribution in [-0.2, 0) is 6.54 Å². The van der Waals surface area contributed by atoms with Crippen molar-refractivity contribution in [1.29, 1.82) is 0 Å². The molecule has 0 atom stereocenters. The highest BCUT2D eigenvalue weighted by Crippen LogP contribution is 2.23. The fourth-order valence-corrected chi connectivity index (χ4v) is 2.95. The summed E-state index contributed by atoms with van der Waals surface area (Å²) in [6, 6.07) is 13.6. The van der Waals surface area contributed by atoms with Gasteiger partial charge in [0.2, 0.25) is 0 Å². The van der Waals surface area contributed by atoms with E-state index in [0.717, 1.165) is 10.9 Å². The van der Waals surface area contributed by atoms with Gasteiger partial charge in [0.05, 0.1) is 15.8 Å². The fraction of sp³-hybridized carbons (Fsp3) is 0.0714. The monoisotopic (exact) mass is 275 g/mol. The number of thiophene rings is 1. The number of carbonyl (C=O) groups excluding carboxylic acids is 1. The van der Waals surface area contributed by atoms with E-state index in [-0.39, 0.29) is 5.78 Å². The molecule has 2 nitrogen and oxygen atoms in total. The second kappa shape index (κ2) is 4.59. The highest BCUT2D eigenvalue weighted by molar-refractivity contribution is 7.18. The zero-order valence-electron chi connectivity index (χ0n) is 9.47. The molecule has 0 amide bonds. The maximum atomic E-state index is 12.1. The number of Topliss-reactive ketones (excluding diaryl/α,β-unsaturated/α-hetero) is 1. The highest BCUT2D eigenvalue weighted by atomic mass is 35.5. The third-order valence-electron chi connectivity index (χ3n) is 2.84. The number of fused-ring (bicyclic) bond motifs is 1. The van der Waals surface area contributed by atoms with Crippen molar-refractivity contribution in [2.45, 2.75) is 6.54 Å². The summed E-state index contributed by atoms with van der Waals surface area (Å²) in [6.07, 6.45) is 1.94. The molecular weight excluding hydrogens is 266 g/mol. The Morgan fingerprint density at radius 3 is 2.78 bits per heavy atom. The molecule has 2 heterocycles. The Morgan fingerprint density at radius 2 is 2.00 bits per heavy atom. The Labute approximate surface area is 113 Å². The van der Waals surface area contributed by atoms with Crippen molar-refractivity contribution in [2.24, 2.45) is 0 Å². The van der Waals surface area contributed by atoms with E-state index in [1.807, 2.05) is 41.1 Å². The molecule has 0 unspecified atom stereocenters. The average molecular weight is 276 g/mol. The number of nitrogens with zero attached hydrogens (tertiary/aromatic N) is 1. The summed E-state index contributed by atoms with van der Waals surface area (Å²) in [7, 11) is 0. The van der Waals surface area contributed by atoms with Crippen LogP contribution in [0.2, 0.25) is 4.34 Å². The number of hydrogen-bond acceptors (Lipinski definition) is 2. The second-order valence-corrected chi connectivity index (χ2v) is 5.74. The first-order valence-corrected chi connectivity index (χ1v) is 6.76. The van der Waals surface area contributed by atoms with E-state index in [2.05, 4.69) is 0 Å². The van der Waals surface area contributed by atoms with Gasteiger partial charge in [0.15, 0.2) is 5.78 Å². The lowest BCUT2D eigenvalue weighted by atomic mass is 10.2. The smallest absolute Gasteiger partial charge is 0.192 e. The van der Waals surface area contributed by atoms with Crippen LogP contribution < -0.4 is 0 Å². The molecule has 0 radical (unpaired) electrons. The number of aromatic nitrogens is 1. The summed E-state index contributed by atoms with van der Waals surface area (Å²) in [4.78, 5) is 12.8. The van der Waals surface area contributed by atoms with Crippen molar-refractivity contribution in [3.63, 3.8) is 0 Å².